The molecule has 0 bridgehead atoms. The lowest BCUT2D eigenvalue weighted by molar-refractivity contribution is 0.127. The number of halogens is 2. The second-order valence-electron chi connectivity index (χ2n) is 10.0. The molecule has 34 heavy (non-hydrogen) atoms. The van der Waals surface area contributed by atoms with Crippen LogP contribution < -0.4 is 5.32 Å². The first kappa shape index (κ1) is 25.9. The van der Waals surface area contributed by atoms with Gasteiger partial charge in [0.05, 0.1) is 17.4 Å². The van der Waals surface area contributed by atoms with Crippen molar-refractivity contribution in [2.24, 2.45) is 0 Å². The van der Waals surface area contributed by atoms with E-state index in [-0.39, 0.29) is 47.7 Å². The molecule has 0 radical (unpaired) electrons. The summed E-state index contributed by atoms with van der Waals surface area (Å²) in [6, 6.07) is 9.32. The summed E-state index contributed by atoms with van der Waals surface area (Å²) in [6.45, 7) is 10.8. The molecule has 1 aromatic carbocycles. The summed E-state index contributed by atoms with van der Waals surface area (Å²) in [5.41, 5.74) is 4.20. The number of aromatic nitrogens is 7. The Bertz CT molecular complexity index is 1300. The summed E-state index contributed by atoms with van der Waals surface area (Å²) in [6.07, 6.45) is 3.58. The molecule has 4 heterocycles. The summed E-state index contributed by atoms with van der Waals surface area (Å²) in [7, 11) is 0. The van der Waals surface area contributed by atoms with Gasteiger partial charge >= 0.3 is 0 Å². The summed E-state index contributed by atoms with van der Waals surface area (Å²) in [5, 5.41) is 36.3. The van der Waals surface area contributed by atoms with Gasteiger partial charge in [0.25, 0.3) is 0 Å². The largest absolute Gasteiger partial charge is 0.507 e. The van der Waals surface area contributed by atoms with Crippen LogP contribution in [0.2, 0.25) is 0 Å². The third-order valence-electron chi connectivity index (χ3n) is 6.07. The predicted octanol–water partition coefficient (Wildman–Crippen LogP) is 4.41. The second kappa shape index (κ2) is 9.13. The summed E-state index contributed by atoms with van der Waals surface area (Å²) in [4.78, 5) is 0. The topological polar surface area (TPSA) is 107 Å². The van der Waals surface area contributed by atoms with Gasteiger partial charge in [0.2, 0.25) is 5.65 Å². The van der Waals surface area contributed by atoms with Crippen molar-refractivity contribution in [2.45, 2.75) is 64.6 Å². The number of nitrogens with zero attached hydrogens (tertiary/aromatic N) is 7. The number of aromatic hydroxyl groups is 1. The molecule has 0 saturated carbocycles. The fourth-order valence-corrected chi connectivity index (χ4v) is 5.08. The number of hydrogen-bond donors (Lipinski definition) is 2. The van der Waals surface area contributed by atoms with E-state index >= 15 is 0 Å². The van der Waals surface area contributed by atoms with E-state index in [0.717, 1.165) is 24.2 Å². The minimum atomic E-state index is -0.0154. The maximum Gasteiger partial charge on any atom is 0.201 e. The molecule has 11 heteroatoms. The smallest absolute Gasteiger partial charge is 0.201 e. The third kappa shape index (κ3) is 4.73. The standard InChI is InChI=1S/C23H28N8O.2ClH/c1-14-8-9-24-30(14)15-6-7-17(20(32)10-15)18-11-19-21(27-25-18)31(29-26-19)16-12-22(2,3)28-23(4,5)13-16;;/h6-11,16,28,32H,12-13H2,1-5H3;2*1H. The molecule has 9 nitrogen and oxygen atoms in total. The Morgan fingerprint density at radius 2 is 1.68 bits per heavy atom. The third-order valence-corrected chi connectivity index (χ3v) is 6.07. The Balaban J connectivity index is 0.00000162. The quantitative estimate of drug-likeness (QED) is 0.425. The number of piperidine rings is 1. The zero-order valence-corrected chi connectivity index (χ0v) is 21.5. The van der Waals surface area contributed by atoms with Crippen molar-refractivity contribution in [1.82, 2.24) is 40.3 Å². The Morgan fingerprint density at radius 3 is 2.29 bits per heavy atom. The molecule has 0 amide bonds. The maximum absolute atomic E-state index is 10.7. The van der Waals surface area contributed by atoms with Crippen LogP contribution in [0.15, 0.2) is 36.5 Å². The summed E-state index contributed by atoms with van der Waals surface area (Å²) < 4.78 is 3.67. The van der Waals surface area contributed by atoms with Crippen LogP contribution in [0.3, 0.4) is 0 Å². The van der Waals surface area contributed by atoms with E-state index in [2.05, 4.69) is 58.6 Å². The number of hydrogen-bond acceptors (Lipinski definition) is 7. The van der Waals surface area contributed by atoms with E-state index in [1.807, 2.05) is 35.9 Å². The Morgan fingerprint density at radius 1 is 0.971 bits per heavy atom. The highest BCUT2D eigenvalue weighted by atomic mass is 35.5. The lowest BCUT2D eigenvalue weighted by atomic mass is 9.80. The first-order valence-electron chi connectivity index (χ1n) is 10.8. The predicted molar refractivity (Wildman–Crippen MR) is 136 cm³/mol. The maximum atomic E-state index is 10.7. The normalized spacial score (nSPS) is 17.2. The molecule has 0 aliphatic carbocycles. The molecular weight excluding hydrogens is 475 g/mol. The van der Waals surface area contributed by atoms with Gasteiger partial charge in [-0.2, -0.15) is 5.10 Å². The van der Waals surface area contributed by atoms with Crippen LogP contribution >= 0.6 is 24.8 Å². The van der Waals surface area contributed by atoms with Crippen LogP contribution in [-0.2, 0) is 0 Å². The number of fused-ring (bicyclic) bond motifs is 1. The molecule has 1 aliphatic heterocycles. The molecule has 5 rings (SSSR count). The van der Waals surface area contributed by atoms with Gasteiger partial charge in [-0.1, -0.05) is 5.21 Å². The van der Waals surface area contributed by atoms with Gasteiger partial charge in [-0.3, -0.25) is 0 Å². The van der Waals surface area contributed by atoms with Crippen molar-refractivity contribution >= 4 is 36.0 Å². The highest BCUT2D eigenvalue weighted by molar-refractivity contribution is 5.85. The average molecular weight is 505 g/mol. The van der Waals surface area contributed by atoms with Gasteiger partial charge in [-0.15, -0.1) is 40.1 Å². The van der Waals surface area contributed by atoms with Gasteiger partial charge in [-0.05, 0) is 71.7 Å². The average Bonchev–Trinajstić information content (AvgIpc) is 3.31. The van der Waals surface area contributed by atoms with Crippen LogP contribution in [0.1, 0.15) is 52.3 Å². The molecule has 0 atom stereocenters. The van der Waals surface area contributed by atoms with Crippen molar-refractivity contribution in [1.29, 1.82) is 0 Å². The van der Waals surface area contributed by atoms with Crippen LogP contribution in [0, 0.1) is 6.92 Å². The van der Waals surface area contributed by atoms with Gasteiger partial charge in [0, 0.05) is 34.6 Å². The summed E-state index contributed by atoms with van der Waals surface area (Å²) >= 11 is 0. The zero-order chi connectivity index (χ0) is 22.7. The van der Waals surface area contributed by atoms with Gasteiger partial charge in [0.15, 0.2) is 0 Å². The van der Waals surface area contributed by atoms with Crippen molar-refractivity contribution in [3.05, 3.63) is 42.2 Å². The van der Waals surface area contributed by atoms with Crippen molar-refractivity contribution in [3.8, 4) is 22.7 Å². The van der Waals surface area contributed by atoms with Crippen LogP contribution in [0.4, 0.5) is 0 Å². The minimum Gasteiger partial charge on any atom is -0.507 e. The van der Waals surface area contributed by atoms with Crippen LogP contribution in [-0.4, -0.2) is 51.2 Å². The van der Waals surface area contributed by atoms with Crippen LogP contribution in [0.25, 0.3) is 28.1 Å². The van der Waals surface area contributed by atoms with E-state index in [1.54, 1.807) is 16.9 Å². The fraction of sp³-hybridized carbons (Fsp3) is 0.435. The lowest BCUT2D eigenvalue weighted by Gasteiger charge is -2.46. The molecule has 3 aromatic heterocycles. The number of aryl methyl sites for hydroxylation is 1. The number of rotatable bonds is 3. The first-order valence-corrected chi connectivity index (χ1v) is 10.8. The monoisotopic (exact) mass is 504 g/mol. The fourth-order valence-electron chi connectivity index (χ4n) is 5.08. The molecule has 0 unspecified atom stereocenters. The second-order valence-corrected chi connectivity index (χ2v) is 10.0. The molecule has 2 N–H and O–H groups in total. The molecular formula is C23H30Cl2N8O. The van der Waals surface area contributed by atoms with Crippen molar-refractivity contribution < 1.29 is 5.11 Å². The Labute approximate surface area is 210 Å². The SMILES string of the molecule is Cc1ccnn1-c1ccc(-c2cc3nnn(C4CC(C)(C)NC(C)(C)C4)c3nn2)c(O)c1.Cl.Cl. The van der Waals surface area contributed by atoms with Gasteiger partial charge in [0.1, 0.15) is 11.3 Å². The Kier molecular flexibility index (Phi) is 6.94. The minimum absolute atomic E-state index is 0. The Hall–Kier alpha value is -2.75. The molecule has 1 fully saturated rings. The van der Waals surface area contributed by atoms with Gasteiger partial charge < -0.3 is 10.4 Å². The molecule has 1 saturated heterocycles. The molecule has 1 aliphatic rings. The first-order chi connectivity index (χ1) is 15.1. The van der Waals surface area contributed by atoms with E-state index in [1.165, 1.54) is 0 Å². The van der Waals surface area contributed by atoms with E-state index in [0.29, 0.717) is 22.4 Å². The number of benzene rings is 1. The highest BCUT2D eigenvalue weighted by Crippen LogP contribution is 2.37. The van der Waals surface area contributed by atoms with Crippen molar-refractivity contribution in [3.63, 3.8) is 0 Å². The molecule has 4 aromatic rings. The van der Waals surface area contributed by atoms with E-state index in [9.17, 15) is 5.11 Å². The molecule has 0 spiro atoms. The summed E-state index contributed by atoms with van der Waals surface area (Å²) in [5.74, 6) is 0.111. The lowest BCUT2D eigenvalue weighted by Crippen LogP contribution is -2.58. The highest BCUT2D eigenvalue weighted by Gasteiger charge is 2.39. The number of phenolic OH excluding ortho intramolecular Hbond substituents is 1. The zero-order valence-electron chi connectivity index (χ0n) is 19.8. The van der Waals surface area contributed by atoms with Gasteiger partial charge in [-0.25, -0.2) is 9.36 Å². The van der Waals surface area contributed by atoms with Crippen molar-refractivity contribution in [2.75, 3.05) is 0 Å². The van der Waals surface area contributed by atoms with E-state index in [4.69, 9.17) is 0 Å². The number of phenols is 1. The van der Waals surface area contributed by atoms with Crippen LogP contribution in [0.5, 0.6) is 5.75 Å². The van der Waals surface area contributed by atoms with E-state index < -0.39 is 0 Å². The number of nitrogens with one attached hydrogen (secondary N) is 1. The molecule has 182 valence electrons.